The smallest absolute Gasteiger partial charge is 0.220 e. The number of aromatic nitrogens is 4. The second kappa shape index (κ2) is 5.81. The van der Waals surface area contributed by atoms with Gasteiger partial charge in [0.2, 0.25) is 5.95 Å². The van der Waals surface area contributed by atoms with Crippen molar-refractivity contribution >= 4 is 5.95 Å². The number of fused-ring (bicyclic) bond motifs is 1. The zero-order chi connectivity index (χ0) is 15.6. The maximum Gasteiger partial charge on any atom is 0.220 e. The molecule has 1 aliphatic heterocycles. The maximum atomic E-state index is 5.65. The van der Waals surface area contributed by atoms with Crippen molar-refractivity contribution in [1.82, 2.24) is 24.6 Å². The number of nitrogens with two attached hydrogens (primary N) is 1. The first kappa shape index (κ1) is 13.9. The molecule has 2 N–H and O–H groups in total. The highest BCUT2D eigenvalue weighted by Gasteiger charge is 2.18. The summed E-state index contributed by atoms with van der Waals surface area (Å²) in [5.74, 6) is 0.362. The van der Waals surface area contributed by atoms with Crippen LogP contribution in [0.4, 0.5) is 5.95 Å². The molecule has 0 fully saturated rings. The van der Waals surface area contributed by atoms with Crippen LogP contribution in [0.2, 0.25) is 0 Å². The summed E-state index contributed by atoms with van der Waals surface area (Å²) >= 11 is 0. The predicted molar refractivity (Wildman–Crippen MR) is 87.8 cm³/mol. The van der Waals surface area contributed by atoms with Gasteiger partial charge in [-0.15, -0.1) is 0 Å². The Hall–Kier alpha value is -2.73. The number of nitrogens with zero attached hydrogens (tertiary/aromatic N) is 5. The highest BCUT2D eigenvalue weighted by molar-refractivity contribution is 5.31. The quantitative estimate of drug-likeness (QED) is 0.799. The van der Waals surface area contributed by atoms with Crippen LogP contribution in [0.3, 0.4) is 0 Å². The van der Waals surface area contributed by atoms with Gasteiger partial charge in [0.15, 0.2) is 0 Å². The van der Waals surface area contributed by atoms with E-state index in [4.69, 9.17) is 5.73 Å². The molecule has 23 heavy (non-hydrogen) atoms. The van der Waals surface area contributed by atoms with E-state index in [1.807, 2.05) is 35.3 Å². The van der Waals surface area contributed by atoms with Crippen LogP contribution in [-0.4, -0.2) is 31.2 Å². The topological polar surface area (TPSA) is 72.9 Å². The average molecular weight is 306 g/mol. The van der Waals surface area contributed by atoms with Gasteiger partial charge >= 0.3 is 0 Å². The molecule has 1 aromatic carbocycles. The van der Waals surface area contributed by atoms with Crippen molar-refractivity contribution in [3.8, 4) is 5.69 Å². The van der Waals surface area contributed by atoms with Crippen molar-refractivity contribution < 1.29 is 0 Å². The highest BCUT2D eigenvalue weighted by Crippen LogP contribution is 2.19. The van der Waals surface area contributed by atoms with Gasteiger partial charge in [0, 0.05) is 49.6 Å². The molecule has 0 spiro atoms. The van der Waals surface area contributed by atoms with Gasteiger partial charge in [-0.2, -0.15) is 5.10 Å². The van der Waals surface area contributed by atoms with E-state index in [-0.39, 0.29) is 0 Å². The Bertz CT molecular complexity index is 811. The first-order chi connectivity index (χ1) is 11.3. The Balaban J connectivity index is 1.47. The summed E-state index contributed by atoms with van der Waals surface area (Å²) in [6, 6.07) is 10.1. The van der Waals surface area contributed by atoms with Crippen molar-refractivity contribution in [1.29, 1.82) is 0 Å². The van der Waals surface area contributed by atoms with Gasteiger partial charge in [-0.1, -0.05) is 18.2 Å². The van der Waals surface area contributed by atoms with Crippen LogP contribution in [-0.2, 0) is 19.5 Å². The minimum Gasteiger partial charge on any atom is -0.368 e. The Labute approximate surface area is 134 Å². The molecule has 0 aliphatic carbocycles. The normalized spacial score (nSPS) is 14.6. The Morgan fingerprint density at radius 2 is 2.00 bits per heavy atom. The average Bonchev–Trinajstić information content (AvgIpc) is 3.04. The second-order valence-electron chi connectivity index (χ2n) is 5.79. The molecule has 6 heteroatoms. The van der Waals surface area contributed by atoms with Gasteiger partial charge in [0.25, 0.3) is 0 Å². The molecular weight excluding hydrogens is 288 g/mol. The second-order valence-corrected chi connectivity index (χ2v) is 5.79. The third-order valence-corrected chi connectivity index (χ3v) is 4.09. The molecule has 0 amide bonds. The SMILES string of the molecule is Nc1ncc2c(n1)CCN(Cc1cnn(-c3ccccc3)c1)C2. The Morgan fingerprint density at radius 3 is 2.87 bits per heavy atom. The van der Waals surface area contributed by atoms with E-state index in [1.54, 1.807) is 0 Å². The van der Waals surface area contributed by atoms with E-state index >= 15 is 0 Å². The lowest BCUT2D eigenvalue weighted by molar-refractivity contribution is 0.243. The summed E-state index contributed by atoms with van der Waals surface area (Å²) in [6.45, 7) is 2.70. The third kappa shape index (κ3) is 2.93. The van der Waals surface area contributed by atoms with Gasteiger partial charge in [-0.05, 0) is 12.1 Å². The highest BCUT2D eigenvalue weighted by atomic mass is 15.3. The molecule has 0 saturated heterocycles. The lowest BCUT2D eigenvalue weighted by Crippen LogP contribution is -2.30. The van der Waals surface area contributed by atoms with Crippen LogP contribution in [0.15, 0.2) is 48.9 Å². The van der Waals surface area contributed by atoms with E-state index in [0.717, 1.165) is 37.4 Å². The van der Waals surface area contributed by atoms with E-state index in [1.165, 1.54) is 11.1 Å². The van der Waals surface area contributed by atoms with Crippen LogP contribution >= 0.6 is 0 Å². The zero-order valence-corrected chi connectivity index (χ0v) is 12.8. The monoisotopic (exact) mass is 306 g/mol. The summed E-state index contributed by atoms with van der Waals surface area (Å²) in [7, 11) is 0. The van der Waals surface area contributed by atoms with Gasteiger partial charge in [0.05, 0.1) is 17.6 Å². The van der Waals surface area contributed by atoms with Gasteiger partial charge in [0.1, 0.15) is 0 Å². The lowest BCUT2D eigenvalue weighted by Gasteiger charge is -2.27. The van der Waals surface area contributed by atoms with Crippen LogP contribution in [0.1, 0.15) is 16.8 Å². The standard InChI is InChI=1S/C17H18N6/c18-17-19-9-14-12-22(7-6-16(14)21-17)10-13-8-20-23(11-13)15-4-2-1-3-5-15/h1-5,8-9,11H,6-7,10,12H2,(H2,18,19,21). The molecule has 0 bridgehead atoms. The van der Waals surface area contributed by atoms with Crippen molar-refractivity contribution in [3.05, 3.63) is 65.7 Å². The fourth-order valence-corrected chi connectivity index (χ4v) is 2.95. The van der Waals surface area contributed by atoms with Gasteiger partial charge in [-0.25, -0.2) is 14.6 Å². The molecular formula is C17H18N6. The molecule has 0 radical (unpaired) electrons. The molecule has 1 aliphatic rings. The maximum absolute atomic E-state index is 5.65. The summed E-state index contributed by atoms with van der Waals surface area (Å²) in [5.41, 5.74) is 10.2. The fraction of sp³-hybridized carbons (Fsp3) is 0.235. The summed E-state index contributed by atoms with van der Waals surface area (Å²) in [4.78, 5) is 10.8. The third-order valence-electron chi connectivity index (χ3n) is 4.09. The minimum absolute atomic E-state index is 0.362. The molecule has 0 unspecified atom stereocenters. The largest absolute Gasteiger partial charge is 0.368 e. The number of anilines is 1. The molecule has 3 heterocycles. The summed E-state index contributed by atoms with van der Waals surface area (Å²) in [6.07, 6.45) is 6.78. The zero-order valence-electron chi connectivity index (χ0n) is 12.8. The molecule has 4 rings (SSSR count). The van der Waals surface area contributed by atoms with E-state index in [9.17, 15) is 0 Å². The van der Waals surface area contributed by atoms with Crippen molar-refractivity contribution in [3.63, 3.8) is 0 Å². The van der Waals surface area contributed by atoms with Crippen LogP contribution in [0.5, 0.6) is 0 Å². The summed E-state index contributed by atoms with van der Waals surface area (Å²) in [5, 5.41) is 4.46. The Morgan fingerprint density at radius 1 is 1.13 bits per heavy atom. The lowest BCUT2D eigenvalue weighted by atomic mass is 10.1. The predicted octanol–water partition coefficient (Wildman–Crippen LogP) is 1.80. The number of para-hydroxylation sites is 1. The van der Waals surface area contributed by atoms with Crippen LogP contribution < -0.4 is 5.73 Å². The molecule has 2 aromatic heterocycles. The van der Waals surface area contributed by atoms with E-state index in [2.05, 4.69) is 38.3 Å². The number of rotatable bonds is 3. The molecule has 116 valence electrons. The number of benzene rings is 1. The van der Waals surface area contributed by atoms with E-state index in [0.29, 0.717) is 5.95 Å². The fourth-order valence-electron chi connectivity index (χ4n) is 2.95. The van der Waals surface area contributed by atoms with Crippen molar-refractivity contribution in [2.45, 2.75) is 19.5 Å². The van der Waals surface area contributed by atoms with Gasteiger partial charge in [-0.3, -0.25) is 4.90 Å². The Kier molecular flexibility index (Phi) is 3.51. The van der Waals surface area contributed by atoms with E-state index < -0.39 is 0 Å². The van der Waals surface area contributed by atoms with Crippen molar-refractivity contribution in [2.24, 2.45) is 0 Å². The molecule has 3 aromatic rings. The number of hydrogen-bond donors (Lipinski definition) is 1. The summed E-state index contributed by atoms with van der Waals surface area (Å²) < 4.78 is 1.91. The molecule has 0 atom stereocenters. The molecule has 0 saturated carbocycles. The number of nitrogen functional groups attached to an aromatic ring is 1. The first-order valence-corrected chi connectivity index (χ1v) is 7.69. The van der Waals surface area contributed by atoms with Gasteiger partial charge < -0.3 is 5.73 Å². The van der Waals surface area contributed by atoms with Crippen molar-refractivity contribution in [2.75, 3.05) is 12.3 Å². The number of hydrogen-bond acceptors (Lipinski definition) is 5. The van der Waals surface area contributed by atoms with Crippen LogP contribution in [0.25, 0.3) is 5.69 Å². The van der Waals surface area contributed by atoms with Crippen LogP contribution in [0, 0.1) is 0 Å². The first-order valence-electron chi connectivity index (χ1n) is 7.69. The molecule has 6 nitrogen and oxygen atoms in total. The minimum atomic E-state index is 0.362.